The van der Waals surface area contributed by atoms with Crippen LogP contribution in [0.15, 0.2) is 0 Å². The molecule has 1 heterocycles. The smallest absolute Gasteiger partial charge is 0.0611 e. The summed E-state index contributed by atoms with van der Waals surface area (Å²) in [6, 6.07) is 0. The highest BCUT2D eigenvalue weighted by molar-refractivity contribution is 4.82. The minimum atomic E-state index is -0.344. The third kappa shape index (κ3) is 4.40. The number of piperidine rings is 1. The van der Waals surface area contributed by atoms with E-state index in [2.05, 4.69) is 18.7 Å². The maximum absolute atomic E-state index is 9.22. The molecule has 16 heavy (non-hydrogen) atoms. The molecule has 0 aromatic carbocycles. The van der Waals surface area contributed by atoms with Crippen molar-refractivity contribution >= 4 is 0 Å². The molecule has 1 saturated heterocycles. The molecule has 0 bridgehead atoms. The van der Waals surface area contributed by atoms with Crippen molar-refractivity contribution in [3.05, 3.63) is 0 Å². The molecule has 3 heteroatoms. The molecule has 0 amide bonds. The quantitative estimate of drug-likeness (QED) is 0.726. The standard InChI is InChI=1S/C13H28N2O/c1-3-13(14,11-16)7-4-8-15-9-5-12(2)6-10-15/h12,16H,3-11,14H2,1-2H3. The minimum absolute atomic E-state index is 0.112. The number of hydrogen-bond donors (Lipinski definition) is 2. The van der Waals surface area contributed by atoms with Crippen LogP contribution < -0.4 is 5.73 Å². The average molecular weight is 228 g/mol. The molecular formula is C13H28N2O. The van der Waals surface area contributed by atoms with Gasteiger partial charge in [0, 0.05) is 5.54 Å². The largest absolute Gasteiger partial charge is 0.394 e. The summed E-state index contributed by atoms with van der Waals surface area (Å²) in [6.07, 6.45) is 5.58. The molecule has 1 aliphatic rings. The first-order valence-corrected chi connectivity index (χ1v) is 6.72. The van der Waals surface area contributed by atoms with Crippen LogP contribution >= 0.6 is 0 Å². The lowest BCUT2D eigenvalue weighted by atomic mass is 9.92. The average Bonchev–Trinajstić information content (AvgIpc) is 2.31. The maximum atomic E-state index is 9.22. The van der Waals surface area contributed by atoms with E-state index in [-0.39, 0.29) is 12.1 Å². The number of hydrogen-bond acceptors (Lipinski definition) is 3. The van der Waals surface area contributed by atoms with E-state index in [4.69, 9.17) is 5.73 Å². The first kappa shape index (κ1) is 13.9. The Morgan fingerprint density at radius 1 is 1.38 bits per heavy atom. The molecule has 1 atom stereocenters. The van der Waals surface area contributed by atoms with Crippen molar-refractivity contribution in [3.8, 4) is 0 Å². The Kier molecular flexibility index (Phi) is 5.73. The molecule has 1 aliphatic heterocycles. The van der Waals surface area contributed by atoms with Crippen molar-refractivity contribution in [2.75, 3.05) is 26.2 Å². The van der Waals surface area contributed by atoms with Crippen LogP contribution in [0.2, 0.25) is 0 Å². The van der Waals surface area contributed by atoms with Crippen molar-refractivity contribution in [2.45, 2.75) is 51.5 Å². The third-order valence-electron chi connectivity index (χ3n) is 4.04. The third-order valence-corrected chi connectivity index (χ3v) is 4.04. The van der Waals surface area contributed by atoms with E-state index in [0.717, 1.165) is 31.7 Å². The van der Waals surface area contributed by atoms with Gasteiger partial charge in [-0.1, -0.05) is 13.8 Å². The van der Waals surface area contributed by atoms with Crippen molar-refractivity contribution in [1.82, 2.24) is 4.90 Å². The van der Waals surface area contributed by atoms with E-state index in [9.17, 15) is 5.11 Å². The topological polar surface area (TPSA) is 49.5 Å². The molecule has 96 valence electrons. The van der Waals surface area contributed by atoms with Gasteiger partial charge in [0.2, 0.25) is 0 Å². The van der Waals surface area contributed by atoms with Crippen LogP contribution in [-0.4, -0.2) is 41.8 Å². The minimum Gasteiger partial charge on any atom is -0.394 e. The first-order chi connectivity index (χ1) is 7.59. The Morgan fingerprint density at radius 2 is 2.00 bits per heavy atom. The van der Waals surface area contributed by atoms with Gasteiger partial charge < -0.3 is 15.7 Å². The van der Waals surface area contributed by atoms with Crippen LogP contribution in [-0.2, 0) is 0 Å². The fourth-order valence-corrected chi connectivity index (χ4v) is 2.31. The van der Waals surface area contributed by atoms with Gasteiger partial charge >= 0.3 is 0 Å². The summed E-state index contributed by atoms with van der Waals surface area (Å²) < 4.78 is 0. The molecule has 1 unspecified atom stereocenters. The van der Waals surface area contributed by atoms with Crippen molar-refractivity contribution in [2.24, 2.45) is 11.7 Å². The van der Waals surface area contributed by atoms with Crippen LogP contribution in [0.1, 0.15) is 46.0 Å². The van der Waals surface area contributed by atoms with Gasteiger partial charge in [-0.2, -0.15) is 0 Å². The van der Waals surface area contributed by atoms with Gasteiger partial charge in [-0.05, 0) is 57.7 Å². The van der Waals surface area contributed by atoms with Crippen molar-refractivity contribution in [1.29, 1.82) is 0 Å². The summed E-state index contributed by atoms with van der Waals surface area (Å²) in [5.74, 6) is 0.901. The molecule has 1 rings (SSSR count). The Balaban J connectivity index is 2.15. The van der Waals surface area contributed by atoms with E-state index in [0.29, 0.717) is 0 Å². The van der Waals surface area contributed by atoms with Crippen LogP contribution in [0, 0.1) is 5.92 Å². The highest BCUT2D eigenvalue weighted by Crippen LogP contribution is 2.18. The molecule has 3 nitrogen and oxygen atoms in total. The molecule has 3 N–H and O–H groups in total. The van der Waals surface area contributed by atoms with Gasteiger partial charge in [-0.3, -0.25) is 0 Å². The van der Waals surface area contributed by atoms with Gasteiger partial charge in [0.25, 0.3) is 0 Å². The molecule has 0 spiro atoms. The molecule has 0 aliphatic carbocycles. The maximum Gasteiger partial charge on any atom is 0.0611 e. The van der Waals surface area contributed by atoms with Gasteiger partial charge in [0.05, 0.1) is 6.61 Å². The van der Waals surface area contributed by atoms with E-state index in [1.165, 1.54) is 25.9 Å². The molecule has 0 radical (unpaired) electrons. The second-order valence-electron chi connectivity index (χ2n) is 5.50. The SMILES string of the molecule is CCC(N)(CO)CCCN1CCC(C)CC1. The Bertz CT molecular complexity index is 184. The number of nitrogens with zero attached hydrogens (tertiary/aromatic N) is 1. The fraction of sp³-hybridized carbons (Fsp3) is 1.00. The molecule has 0 aromatic heterocycles. The zero-order valence-electron chi connectivity index (χ0n) is 10.9. The summed E-state index contributed by atoms with van der Waals surface area (Å²) in [5, 5.41) is 9.22. The number of nitrogens with two attached hydrogens (primary N) is 1. The number of aliphatic hydroxyl groups excluding tert-OH is 1. The zero-order chi connectivity index (χ0) is 12.0. The van der Waals surface area contributed by atoms with E-state index >= 15 is 0 Å². The Labute approximate surface area is 100 Å². The highest BCUT2D eigenvalue weighted by atomic mass is 16.3. The molecule has 0 aromatic rings. The summed E-state index contributed by atoms with van der Waals surface area (Å²) in [4.78, 5) is 2.54. The molecule has 0 saturated carbocycles. The second-order valence-corrected chi connectivity index (χ2v) is 5.50. The number of rotatable bonds is 6. The lowest BCUT2D eigenvalue weighted by molar-refractivity contribution is 0.158. The van der Waals surface area contributed by atoms with E-state index in [1.54, 1.807) is 0 Å². The monoisotopic (exact) mass is 228 g/mol. The predicted molar refractivity (Wildman–Crippen MR) is 68.4 cm³/mol. The van der Waals surface area contributed by atoms with Crippen LogP contribution in [0.4, 0.5) is 0 Å². The molecular weight excluding hydrogens is 200 g/mol. The first-order valence-electron chi connectivity index (χ1n) is 6.72. The van der Waals surface area contributed by atoms with Gasteiger partial charge in [0.15, 0.2) is 0 Å². The summed E-state index contributed by atoms with van der Waals surface area (Å²) in [6.45, 7) is 8.13. The van der Waals surface area contributed by atoms with Crippen molar-refractivity contribution in [3.63, 3.8) is 0 Å². The van der Waals surface area contributed by atoms with Gasteiger partial charge in [0.1, 0.15) is 0 Å². The number of likely N-dealkylation sites (tertiary alicyclic amines) is 1. The lowest BCUT2D eigenvalue weighted by Crippen LogP contribution is -2.44. The fourth-order valence-electron chi connectivity index (χ4n) is 2.31. The Morgan fingerprint density at radius 3 is 2.50 bits per heavy atom. The summed E-state index contributed by atoms with van der Waals surface area (Å²) in [7, 11) is 0. The van der Waals surface area contributed by atoms with Crippen molar-refractivity contribution < 1.29 is 5.11 Å². The van der Waals surface area contributed by atoms with Crippen LogP contribution in [0.25, 0.3) is 0 Å². The predicted octanol–water partition coefficient (Wildman–Crippen LogP) is 1.60. The highest BCUT2D eigenvalue weighted by Gasteiger charge is 2.22. The summed E-state index contributed by atoms with van der Waals surface area (Å²) in [5.41, 5.74) is 5.72. The normalized spacial score (nSPS) is 23.2. The lowest BCUT2D eigenvalue weighted by Gasteiger charge is -2.32. The van der Waals surface area contributed by atoms with Crippen LogP contribution in [0.3, 0.4) is 0 Å². The van der Waals surface area contributed by atoms with E-state index in [1.807, 2.05) is 0 Å². The summed E-state index contributed by atoms with van der Waals surface area (Å²) >= 11 is 0. The Hall–Kier alpha value is -0.120. The second kappa shape index (κ2) is 6.58. The van der Waals surface area contributed by atoms with Crippen LogP contribution in [0.5, 0.6) is 0 Å². The molecule has 1 fully saturated rings. The van der Waals surface area contributed by atoms with E-state index < -0.39 is 0 Å². The van der Waals surface area contributed by atoms with Gasteiger partial charge in [-0.25, -0.2) is 0 Å². The van der Waals surface area contributed by atoms with Gasteiger partial charge in [-0.15, -0.1) is 0 Å². The number of aliphatic hydroxyl groups is 1. The zero-order valence-corrected chi connectivity index (χ0v) is 10.9.